The zero-order valence-electron chi connectivity index (χ0n) is 17.1. The Morgan fingerprint density at radius 1 is 1.06 bits per heavy atom. The molecule has 1 fully saturated rings. The molecule has 1 aliphatic rings. The van der Waals surface area contributed by atoms with Crippen molar-refractivity contribution in [2.24, 2.45) is 5.92 Å². The highest BCUT2D eigenvalue weighted by molar-refractivity contribution is 7.88. The van der Waals surface area contributed by atoms with Gasteiger partial charge >= 0.3 is 5.97 Å². The lowest BCUT2D eigenvalue weighted by molar-refractivity contribution is -0.120. The van der Waals surface area contributed by atoms with Crippen molar-refractivity contribution in [3.63, 3.8) is 0 Å². The summed E-state index contributed by atoms with van der Waals surface area (Å²) in [6.07, 6.45) is 0.744. The van der Waals surface area contributed by atoms with Gasteiger partial charge in [0.05, 0.1) is 23.4 Å². The van der Waals surface area contributed by atoms with Gasteiger partial charge in [-0.15, -0.1) is 0 Å². The summed E-state index contributed by atoms with van der Waals surface area (Å²) in [6, 6.07) is 9.23. The molecule has 0 aliphatic carbocycles. The SMILES string of the molecule is COC(=O)c1cc(NC(=O)C2CCN(S(=O)(=O)Cc3ccc(Cl)cc3Cl)CC2)ccc1Cl. The molecule has 1 amide bonds. The van der Waals surface area contributed by atoms with Crippen LogP contribution >= 0.6 is 34.8 Å². The zero-order valence-corrected chi connectivity index (χ0v) is 20.2. The summed E-state index contributed by atoms with van der Waals surface area (Å²) in [4.78, 5) is 24.4. The molecule has 3 rings (SSSR count). The maximum atomic E-state index is 12.8. The molecule has 0 atom stereocenters. The number of carbonyl (C=O) groups excluding carboxylic acids is 2. The molecule has 11 heteroatoms. The number of hydrogen-bond donors (Lipinski definition) is 1. The summed E-state index contributed by atoms with van der Waals surface area (Å²) in [5.41, 5.74) is 1.03. The number of esters is 1. The lowest BCUT2D eigenvalue weighted by atomic mass is 9.97. The normalized spacial score (nSPS) is 15.4. The van der Waals surface area contributed by atoms with Gasteiger partial charge in [0.25, 0.3) is 0 Å². The van der Waals surface area contributed by atoms with Gasteiger partial charge in [0.2, 0.25) is 15.9 Å². The van der Waals surface area contributed by atoms with E-state index in [1.54, 1.807) is 18.2 Å². The van der Waals surface area contributed by atoms with E-state index in [0.29, 0.717) is 34.1 Å². The van der Waals surface area contributed by atoms with Crippen LogP contribution in [0.1, 0.15) is 28.8 Å². The van der Waals surface area contributed by atoms with Crippen molar-refractivity contribution < 1.29 is 22.7 Å². The minimum atomic E-state index is -3.59. The van der Waals surface area contributed by atoms with Gasteiger partial charge in [0.1, 0.15) is 0 Å². The zero-order chi connectivity index (χ0) is 23.5. The van der Waals surface area contributed by atoms with Gasteiger partial charge in [-0.1, -0.05) is 40.9 Å². The molecule has 32 heavy (non-hydrogen) atoms. The van der Waals surface area contributed by atoms with Crippen molar-refractivity contribution in [1.82, 2.24) is 4.31 Å². The van der Waals surface area contributed by atoms with Crippen LogP contribution in [0.25, 0.3) is 0 Å². The van der Waals surface area contributed by atoms with Gasteiger partial charge in [-0.25, -0.2) is 17.5 Å². The summed E-state index contributed by atoms with van der Waals surface area (Å²) in [7, 11) is -2.35. The number of halogens is 3. The predicted octanol–water partition coefficient (Wildman–Crippen LogP) is 4.61. The number of rotatable bonds is 6. The Balaban J connectivity index is 1.60. The fraction of sp³-hybridized carbons (Fsp3) is 0.333. The maximum absolute atomic E-state index is 12.8. The highest BCUT2D eigenvalue weighted by Crippen LogP contribution is 2.27. The van der Waals surface area contributed by atoms with Crippen molar-refractivity contribution in [3.8, 4) is 0 Å². The number of nitrogens with one attached hydrogen (secondary N) is 1. The Morgan fingerprint density at radius 3 is 2.38 bits per heavy atom. The van der Waals surface area contributed by atoms with Crippen molar-refractivity contribution in [1.29, 1.82) is 0 Å². The van der Waals surface area contributed by atoms with E-state index in [-0.39, 0.29) is 41.3 Å². The molecule has 1 aliphatic heterocycles. The second-order valence-electron chi connectivity index (χ2n) is 7.34. The standard InChI is InChI=1S/C21H21Cl3N2O5S/c1-31-21(28)17-11-16(4-5-18(17)23)25-20(27)13-6-8-26(9-7-13)32(29,30)12-14-2-3-15(22)10-19(14)24/h2-5,10-11,13H,6-9,12H2,1H3,(H,25,27). The van der Waals surface area contributed by atoms with Gasteiger partial charge in [-0.3, -0.25) is 4.79 Å². The van der Waals surface area contributed by atoms with Gasteiger partial charge < -0.3 is 10.1 Å². The summed E-state index contributed by atoms with van der Waals surface area (Å²) in [5.74, 6) is -1.45. The van der Waals surface area contributed by atoms with Gasteiger partial charge in [-0.2, -0.15) is 0 Å². The Morgan fingerprint density at radius 2 is 1.75 bits per heavy atom. The number of hydrogen-bond acceptors (Lipinski definition) is 5. The summed E-state index contributed by atoms with van der Waals surface area (Å²) >= 11 is 18.0. The molecule has 2 aromatic rings. The molecule has 0 bridgehead atoms. The highest BCUT2D eigenvalue weighted by atomic mass is 35.5. The van der Waals surface area contributed by atoms with E-state index < -0.39 is 16.0 Å². The van der Waals surface area contributed by atoms with E-state index >= 15 is 0 Å². The van der Waals surface area contributed by atoms with E-state index in [1.165, 1.54) is 29.6 Å². The van der Waals surface area contributed by atoms with Gasteiger partial charge in [0, 0.05) is 34.7 Å². The number of anilines is 1. The Kier molecular flexibility index (Phi) is 8.06. The van der Waals surface area contributed by atoms with Crippen LogP contribution in [0, 0.1) is 5.92 Å². The molecular formula is C21H21Cl3N2O5S. The lowest BCUT2D eigenvalue weighted by Gasteiger charge is -2.30. The van der Waals surface area contributed by atoms with E-state index in [4.69, 9.17) is 34.8 Å². The first-order valence-corrected chi connectivity index (χ1v) is 12.5. The molecule has 172 valence electrons. The number of carbonyl (C=O) groups is 2. The van der Waals surface area contributed by atoms with Crippen molar-refractivity contribution in [3.05, 3.63) is 62.6 Å². The third kappa shape index (κ3) is 5.94. The Hall–Kier alpha value is -1.84. The molecule has 1 saturated heterocycles. The number of ether oxygens (including phenoxy) is 1. The van der Waals surface area contributed by atoms with Crippen LogP contribution in [0.15, 0.2) is 36.4 Å². The molecule has 0 spiro atoms. The smallest absolute Gasteiger partial charge is 0.339 e. The fourth-order valence-corrected chi connectivity index (χ4v) is 5.78. The molecule has 0 saturated carbocycles. The van der Waals surface area contributed by atoms with Crippen LogP contribution in [0.3, 0.4) is 0 Å². The number of methoxy groups -OCH3 is 1. The monoisotopic (exact) mass is 518 g/mol. The quantitative estimate of drug-likeness (QED) is 0.563. The number of nitrogens with zero attached hydrogens (tertiary/aromatic N) is 1. The molecule has 2 aromatic carbocycles. The van der Waals surface area contributed by atoms with E-state index in [1.807, 2.05) is 0 Å². The Labute approximate surface area is 201 Å². The fourth-order valence-electron chi connectivity index (χ4n) is 3.44. The molecule has 0 aromatic heterocycles. The average Bonchev–Trinajstić information content (AvgIpc) is 2.76. The maximum Gasteiger partial charge on any atom is 0.339 e. The van der Waals surface area contributed by atoms with Gasteiger partial charge in [-0.05, 0) is 48.7 Å². The number of piperidine rings is 1. The average molecular weight is 520 g/mol. The number of sulfonamides is 1. The predicted molar refractivity (Wildman–Crippen MR) is 125 cm³/mol. The summed E-state index contributed by atoms with van der Waals surface area (Å²) in [6.45, 7) is 0.444. The first-order valence-electron chi connectivity index (χ1n) is 9.71. The van der Waals surface area contributed by atoms with Crippen LogP contribution in [-0.4, -0.2) is 44.8 Å². The summed E-state index contributed by atoms with van der Waals surface area (Å²) < 4.78 is 31.7. The first kappa shape index (κ1) is 24.8. The number of amides is 1. The minimum absolute atomic E-state index is 0.147. The van der Waals surface area contributed by atoms with Crippen LogP contribution in [0.5, 0.6) is 0 Å². The topological polar surface area (TPSA) is 92.8 Å². The van der Waals surface area contributed by atoms with Crippen LogP contribution in [0.4, 0.5) is 5.69 Å². The molecule has 7 nitrogen and oxygen atoms in total. The largest absolute Gasteiger partial charge is 0.465 e. The molecular weight excluding hydrogens is 499 g/mol. The van der Waals surface area contributed by atoms with Crippen molar-refractivity contribution in [2.75, 3.05) is 25.5 Å². The second-order valence-corrected chi connectivity index (χ2v) is 10.6. The Bertz CT molecular complexity index is 1130. The molecule has 0 radical (unpaired) electrons. The first-order chi connectivity index (χ1) is 15.1. The van der Waals surface area contributed by atoms with Gasteiger partial charge in [0.15, 0.2) is 0 Å². The minimum Gasteiger partial charge on any atom is -0.465 e. The van der Waals surface area contributed by atoms with Crippen LogP contribution in [0.2, 0.25) is 15.1 Å². The van der Waals surface area contributed by atoms with E-state index in [2.05, 4.69) is 10.1 Å². The third-order valence-electron chi connectivity index (χ3n) is 5.21. The highest BCUT2D eigenvalue weighted by Gasteiger charge is 2.31. The van der Waals surface area contributed by atoms with Crippen molar-refractivity contribution >= 4 is 62.4 Å². The van der Waals surface area contributed by atoms with Crippen molar-refractivity contribution in [2.45, 2.75) is 18.6 Å². The third-order valence-corrected chi connectivity index (χ3v) is 7.95. The van der Waals surface area contributed by atoms with E-state index in [9.17, 15) is 18.0 Å². The lowest BCUT2D eigenvalue weighted by Crippen LogP contribution is -2.41. The second kappa shape index (κ2) is 10.4. The summed E-state index contributed by atoms with van der Waals surface area (Å²) in [5, 5.41) is 3.71. The van der Waals surface area contributed by atoms with E-state index in [0.717, 1.165) is 0 Å². The molecule has 1 N–H and O–H groups in total. The molecule has 1 heterocycles. The van der Waals surface area contributed by atoms with Crippen LogP contribution in [-0.2, 0) is 25.3 Å². The molecule has 0 unspecified atom stereocenters. The van der Waals surface area contributed by atoms with Crippen LogP contribution < -0.4 is 5.32 Å². The number of benzene rings is 2.